The van der Waals surface area contributed by atoms with Gasteiger partial charge in [0.05, 0.1) is 33.9 Å². The number of fused-ring (bicyclic) bond motifs is 3. The first kappa shape index (κ1) is 21.0. The summed E-state index contributed by atoms with van der Waals surface area (Å²) in [6.07, 6.45) is 4.26. The highest BCUT2D eigenvalue weighted by atomic mass is 16.5. The standard InChI is InChI=1S/C28H21N3O4/c1-16(26-30-23-11-5-3-9-20(23)27(32)31-26)35-28(33)24-19-8-2-4-10-22(19)29-25-17(12-13-21(24)25)15-18-7-6-14-34-18/h2-11,14-16H,12-13H2,1H3,(H,30,31,32)/b17-15+/t16-/m0/s1. The highest BCUT2D eigenvalue weighted by Gasteiger charge is 2.29. The van der Waals surface area contributed by atoms with E-state index in [2.05, 4.69) is 9.97 Å². The Labute approximate surface area is 200 Å². The van der Waals surface area contributed by atoms with E-state index in [1.165, 1.54) is 0 Å². The number of carbonyl (C=O) groups excluding carboxylic acids is 1. The second-order valence-corrected chi connectivity index (χ2v) is 8.53. The Morgan fingerprint density at radius 1 is 1.00 bits per heavy atom. The van der Waals surface area contributed by atoms with Crippen molar-refractivity contribution in [2.24, 2.45) is 0 Å². The number of nitrogens with one attached hydrogen (secondary N) is 1. The van der Waals surface area contributed by atoms with E-state index in [1.807, 2.05) is 48.5 Å². The van der Waals surface area contributed by atoms with Crippen LogP contribution in [0.4, 0.5) is 0 Å². The predicted octanol–water partition coefficient (Wildman–Crippen LogP) is 5.47. The third kappa shape index (κ3) is 3.71. The number of benzene rings is 2. The van der Waals surface area contributed by atoms with Crippen LogP contribution in [-0.2, 0) is 11.2 Å². The average molecular weight is 463 g/mol. The number of para-hydroxylation sites is 2. The van der Waals surface area contributed by atoms with Gasteiger partial charge in [-0.05, 0) is 67.3 Å². The van der Waals surface area contributed by atoms with Crippen LogP contribution in [0.2, 0.25) is 0 Å². The number of H-pyrrole nitrogens is 1. The van der Waals surface area contributed by atoms with Gasteiger partial charge in [0.15, 0.2) is 11.9 Å². The lowest BCUT2D eigenvalue weighted by atomic mass is 10.0. The van der Waals surface area contributed by atoms with Crippen LogP contribution in [0.25, 0.3) is 33.5 Å². The van der Waals surface area contributed by atoms with E-state index in [1.54, 1.807) is 31.4 Å². The monoisotopic (exact) mass is 463 g/mol. The zero-order valence-electron chi connectivity index (χ0n) is 18.9. The van der Waals surface area contributed by atoms with E-state index in [0.29, 0.717) is 28.7 Å². The van der Waals surface area contributed by atoms with E-state index < -0.39 is 12.1 Å². The molecule has 6 rings (SSSR count). The molecule has 1 aliphatic rings. The number of aromatic nitrogens is 3. The Kier molecular flexibility index (Phi) is 5.03. The van der Waals surface area contributed by atoms with Crippen molar-refractivity contribution in [3.63, 3.8) is 0 Å². The number of aromatic amines is 1. The highest BCUT2D eigenvalue weighted by molar-refractivity contribution is 6.07. The summed E-state index contributed by atoms with van der Waals surface area (Å²) in [5.74, 6) is 0.574. The minimum absolute atomic E-state index is 0.267. The molecule has 0 unspecified atom stereocenters. The molecule has 1 atom stereocenters. The lowest BCUT2D eigenvalue weighted by Gasteiger charge is -2.16. The topological polar surface area (TPSA) is 98.1 Å². The van der Waals surface area contributed by atoms with Crippen LogP contribution in [0.1, 0.15) is 52.6 Å². The summed E-state index contributed by atoms with van der Waals surface area (Å²) in [6, 6.07) is 18.4. The number of nitrogens with zero attached hydrogens (tertiary/aromatic N) is 2. The third-order valence-electron chi connectivity index (χ3n) is 6.31. The fraction of sp³-hybridized carbons (Fsp3) is 0.143. The zero-order valence-corrected chi connectivity index (χ0v) is 18.9. The number of furan rings is 1. The van der Waals surface area contributed by atoms with Gasteiger partial charge in [0.2, 0.25) is 0 Å². The maximum Gasteiger partial charge on any atom is 0.339 e. The van der Waals surface area contributed by atoms with E-state index in [4.69, 9.17) is 14.1 Å². The summed E-state index contributed by atoms with van der Waals surface area (Å²) in [5, 5.41) is 1.23. The molecule has 0 fully saturated rings. The lowest BCUT2D eigenvalue weighted by Crippen LogP contribution is -2.18. The van der Waals surface area contributed by atoms with Crippen molar-refractivity contribution in [3.8, 4) is 0 Å². The van der Waals surface area contributed by atoms with Gasteiger partial charge in [-0.15, -0.1) is 0 Å². The van der Waals surface area contributed by atoms with Gasteiger partial charge in [0, 0.05) is 5.39 Å². The normalized spacial score (nSPS) is 14.9. The average Bonchev–Trinajstić information content (AvgIpc) is 3.53. The molecule has 7 nitrogen and oxygen atoms in total. The number of hydrogen-bond acceptors (Lipinski definition) is 6. The Morgan fingerprint density at radius 3 is 2.51 bits per heavy atom. The Bertz CT molecular complexity index is 1680. The first-order valence-electron chi connectivity index (χ1n) is 11.4. The number of hydrogen-bond donors (Lipinski definition) is 1. The summed E-state index contributed by atoms with van der Waals surface area (Å²) in [6.45, 7) is 1.71. The summed E-state index contributed by atoms with van der Waals surface area (Å²) in [7, 11) is 0. The van der Waals surface area contributed by atoms with Crippen LogP contribution in [0.15, 0.2) is 76.1 Å². The summed E-state index contributed by atoms with van der Waals surface area (Å²) >= 11 is 0. The van der Waals surface area contributed by atoms with Gasteiger partial charge in [0.25, 0.3) is 5.56 Å². The van der Waals surface area contributed by atoms with E-state index in [-0.39, 0.29) is 5.56 Å². The van der Waals surface area contributed by atoms with Crippen LogP contribution in [0, 0.1) is 0 Å². The number of carbonyl (C=O) groups is 1. The molecule has 0 bridgehead atoms. The van der Waals surface area contributed by atoms with Gasteiger partial charge >= 0.3 is 5.97 Å². The van der Waals surface area contributed by atoms with Crippen molar-refractivity contribution in [2.45, 2.75) is 25.9 Å². The van der Waals surface area contributed by atoms with Crippen LogP contribution in [0.5, 0.6) is 0 Å². The van der Waals surface area contributed by atoms with Crippen molar-refractivity contribution in [3.05, 3.63) is 106 Å². The molecule has 172 valence electrons. The molecule has 3 aromatic heterocycles. The molecule has 7 heteroatoms. The van der Waals surface area contributed by atoms with E-state index >= 15 is 0 Å². The van der Waals surface area contributed by atoms with Crippen LogP contribution in [-0.4, -0.2) is 20.9 Å². The molecule has 0 aliphatic heterocycles. The third-order valence-corrected chi connectivity index (χ3v) is 6.31. The van der Waals surface area contributed by atoms with E-state index in [9.17, 15) is 9.59 Å². The van der Waals surface area contributed by atoms with Crippen molar-refractivity contribution >= 4 is 39.4 Å². The highest BCUT2D eigenvalue weighted by Crippen LogP contribution is 2.38. The molecule has 35 heavy (non-hydrogen) atoms. The van der Waals surface area contributed by atoms with Crippen molar-refractivity contribution in [2.75, 3.05) is 0 Å². The first-order valence-corrected chi connectivity index (χ1v) is 11.4. The SMILES string of the molecule is C[C@H](OC(=O)c1c2c(nc3ccccc13)/C(=C/c1ccco1)CC2)c1nc2ccccc2c(=O)[nH]1. The number of rotatable bonds is 4. The van der Waals surface area contributed by atoms with Gasteiger partial charge < -0.3 is 14.1 Å². The second kappa shape index (κ2) is 8.36. The van der Waals surface area contributed by atoms with Crippen LogP contribution in [0.3, 0.4) is 0 Å². The summed E-state index contributed by atoms with van der Waals surface area (Å²) in [4.78, 5) is 38.2. The summed E-state index contributed by atoms with van der Waals surface area (Å²) < 4.78 is 11.3. The molecule has 1 aliphatic carbocycles. The molecule has 0 saturated carbocycles. The quantitative estimate of drug-likeness (QED) is 0.355. The van der Waals surface area contributed by atoms with Crippen LogP contribution >= 0.6 is 0 Å². The van der Waals surface area contributed by atoms with E-state index in [0.717, 1.165) is 39.9 Å². The minimum atomic E-state index is -0.748. The Hall–Kier alpha value is -4.52. The molecular formula is C28H21N3O4. The first-order chi connectivity index (χ1) is 17.1. The number of ether oxygens (including phenoxy) is 1. The fourth-order valence-corrected chi connectivity index (χ4v) is 4.63. The van der Waals surface area contributed by atoms with Gasteiger partial charge in [-0.3, -0.25) is 4.79 Å². The molecule has 1 N–H and O–H groups in total. The summed E-state index contributed by atoms with van der Waals surface area (Å²) in [5.41, 5.74) is 4.17. The van der Waals surface area contributed by atoms with Crippen LogP contribution < -0.4 is 5.56 Å². The lowest BCUT2D eigenvalue weighted by molar-refractivity contribution is 0.0321. The van der Waals surface area contributed by atoms with Gasteiger partial charge in [0.1, 0.15) is 5.76 Å². The minimum Gasteiger partial charge on any atom is -0.465 e. The fourth-order valence-electron chi connectivity index (χ4n) is 4.63. The maximum absolute atomic E-state index is 13.6. The number of pyridine rings is 1. The number of esters is 1. The van der Waals surface area contributed by atoms with Gasteiger partial charge in [-0.1, -0.05) is 30.3 Å². The predicted molar refractivity (Wildman–Crippen MR) is 133 cm³/mol. The van der Waals surface area contributed by atoms with Gasteiger partial charge in [-0.2, -0.15) is 0 Å². The molecule has 0 saturated heterocycles. The Balaban J connectivity index is 1.41. The van der Waals surface area contributed by atoms with Crippen molar-refractivity contribution in [1.29, 1.82) is 0 Å². The molecule has 0 radical (unpaired) electrons. The van der Waals surface area contributed by atoms with Gasteiger partial charge in [-0.25, -0.2) is 14.8 Å². The smallest absolute Gasteiger partial charge is 0.339 e. The second-order valence-electron chi connectivity index (χ2n) is 8.53. The molecule has 2 aromatic carbocycles. The maximum atomic E-state index is 13.6. The Morgan fingerprint density at radius 2 is 1.74 bits per heavy atom. The molecular weight excluding hydrogens is 442 g/mol. The van der Waals surface area contributed by atoms with Crippen molar-refractivity contribution < 1.29 is 13.9 Å². The molecule has 5 aromatic rings. The molecule has 3 heterocycles. The molecule has 0 spiro atoms. The zero-order chi connectivity index (χ0) is 23.9. The molecule has 0 amide bonds. The number of allylic oxidation sites excluding steroid dienone is 1. The van der Waals surface area contributed by atoms with Crippen molar-refractivity contribution in [1.82, 2.24) is 15.0 Å². The largest absolute Gasteiger partial charge is 0.465 e.